The predicted molar refractivity (Wildman–Crippen MR) is 106 cm³/mol. The number of benzene rings is 2. The normalized spacial score (nSPS) is 11.0. The molecule has 0 saturated carbocycles. The SMILES string of the molecule is CCn1c(=O)[nH]c2cc(C(=O)Nc3cc(-n4nnnc4C)ccc3F)ccc2c1=O. The van der Waals surface area contributed by atoms with Gasteiger partial charge in [0.15, 0.2) is 5.82 Å². The van der Waals surface area contributed by atoms with Crippen LogP contribution in [0.3, 0.4) is 0 Å². The molecule has 4 rings (SSSR count). The van der Waals surface area contributed by atoms with E-state index in [4.69, 9.17) is 0 Å². The summed E-state index contributed by atoms with van der Waals surface area (Å²) in [5.74, 6) is -0.755. The van der Waals surface area contributed by atoms with Crippen molar-refractivity contribution in [3.63, 3.8) is 0 Å². The first-order chi connectivity index (χ1) is 14.4. The van der Waals surface area contributed by atoms with E-state index in [1.54, 1.807) is 13.8 Å². The van der Waals surface area contributed by atoms with Crippen LogP contribution in [0.15, 0.2) is 46.0 Å². The van der Waals surface area contributed by atoms with Gasteiger partial charge in [0, 0.05) is 12.1 Å². The van der Waals surface area contributed by atoms with Crippen LogP contribution in [0.25, 0.3) is 16.6 Å². The zero-order valence-corrected chi connectivity index (χ0v) is 16.0. The smallest absolute Gasteiger partial charge is 0.319 e. The van der Waals surface area contributed by atoms with Gasteiger partial charge in [-0.1, -0.05) is 0 Å². The van der Waals surface area contributed by atoms with Crippen LogP contribution in [-0.2, 0) is 6.54 Å². The zero-order chi connectivity index (χ0) is 21.4. The molecule has 30 heavy (non-hydrogen) atoms. The molecule has 0 aliphatic carbocycles. The number of hydrogen-bond acceptors (Lipinski definition) is 6. The molecule has 0 aliphatic rings. The van der Waals surface area contributed by atoms with Gasteiger partial charge in [-0.15, -0.1) is 5.10 Å². The van der Waals surface area contributed by atoms with Gasteiger partial charge in [-0.2, -0.15) is 4.68 Å². The summed E-state index contributed by atoms with van der Waals surface area (Å²) in [6, 6.07) is 8.34. The molecule has 0 spiro atoms. The summed E-state index contributed by atoms with van der Waals surface area (Å²) in [4.78, 5) is 39.6. The maximum atomic E-state index is 14.3. The average Bonchev–Trinajstić information content (AvgIpc) is 3.15. The second kappa shape index (κ2) is 7.35. The second-order valence-corrected chi connectivity index (χ2v) is 6.50. The lowest BCUT2D eigenvalue weighted by atomic mass is 10.1. The van der Waals surface area contributed by atoms with Crippen LogP contribution >= 0.6 is 0 Å². The van der Waals surface area contributed by atoms with Crippen molar-refractivity contribution >= 4 is 22.5 Å². The van der Waals surface area contributed by atoms with Gasteiger partial charge in [0.2, 0.25) is 0 Å². The van der Waals surface area contributed by atoms with Crippen LogP contribution in [0, 0.1) is 12.7 Å². The van der Waals surface area contributed by atoms with Crippen molar-refractivity contribution in [2.45, 2.75) is 20.4 Å². The molecule has 0 unspecified atom stereocenters. The van der Waals surface area contributed by atoms with Gasteiger partial charge in [0.05, 0.1) is 22.3 Å². The highest BCUT2D eigenvalue weighted by atomic mass is 19.1. The lowest BCUT2D eigenvalue weighted by molar-refractivity contribution is 0.102. The topological polar surface area (TPSA) is 128 Å². The van der Waals surface area contributed by atoms with E-state index in [2.05, 4.69) is 25.8 Å². The minimum absolute atomic E-state index is 0.0672. The summed E-state index contributed by atoms with van der Waals surface area (Å²) in [5.41, 5.74) is -0.238. The quantitative estimate of drug-likeness (QED) is 0.524. The number of rotatable bonds is 4. The van der Waals surface area contributed by atoms with Crippen molar-refractivity contribution in [2.24, 2.45) is 0 Å². The number of anilines is 1. The molecule has 0 aliphatic heterocycles. The van der Waals surface area contributed by atoms with Crippen LogP contribution in [0.2, 0.25) is 0 Å². The van der Waals surface area contributed by atoms with E-state index >= 15 is 0 Å². The van der Waals surface area contributed by atoms with Crippen LogP contribution < -0.4 is 16.6 Å². The number of halogens is 1. The lowest BCUT2D eigenvalue weighted by Gasteiger charge is -2.10. The summed E-state index contributed by atoms with van der Waals surface area (Å²) in [6.07, 6.45) is 0. The Morgan fingerprint density at radius 1 is 1.20 bits per heavy atom. The number of carbonyl (C=O) groups is 1. The van der Waals surface area contributed by atoms with Gasteiger partial charge < -0.3 is 10.3 Å². The van der Waals surface area contributed by atoms with Crippen molar-refractivity contribution in [1.82, 2.24) is 29.8 Å². The molecule has 2 aromatic heterocycles. The standard InChI is InChI=1S/C19H16FN7O3/c1-3-26-18(29)13-6-4-11(8-15(13)22-19(26)30)17(28)21-16-9-12(5-7-14(16)20)27-10(2)23-24-25-27/h4-9H,3H2,1-2H3,(H,21,28)(H,22,30). The maximum absolute atomic E-state index is 14.3. The molecule has 11 heteroatoms. The summed E-state index contributed by atoms with van der Waals surface area (Å²) < 4.78 is 16.7. The highest BCUT2D eigenvalue weighted by molar-refractivity contribution is 6.06. The molecule has 10 nitrogen and oxygen atoms in total. The van der Waals surface area contributed by atoms with E-state index < -0.39 is 23.0 Å². The van der Waals surface area contributed by atoms with Crippen molar-refractivity contribution in [3.05, 3.63) is 74.4 Å². The Morgan fingerprint density at radius 3 is 2.70 bits per heavy atom. The molecule has 2 N–H and O–H groups in total. The van der Waals surface area contributed by atoms with Gasteiger partial charge in [0.25, 0.3) is 11.5 Å². The number of aromatic nitrogens is 6. The van der Waals surface area contributed by atoms with Crippen LogP contribution in [-0.4, -0.2) is 35.7 Å². The van der Waals surface area contributed by atoms with Crippen molar-refractivity contribution in [2.75, 3.05) is 5.32 Å². The Labute approximate surface area is 168 Å². The molecule has 1 amide bonds. The number of nitrogens with zero attached hydrogens (tertiary/aromatic N) is 5. The number of tetrazole rings is 1. The molecule has 4 aromatic rings. The molecular weight excluding hydrogens is 393 g/mol. The van der Waals surface area contributed by atoms with E-state index in [1.165, 1.54) is 41.1 Å². The number of aromatic amines is 1. The third kappa shape index (κ3) is 3.26. The van der Waals surface area contributed by atoms with Gasteiger partial charge in [-0.3, -0.25) is 14.2 Å². The fraction of sp³-hybridized carbons (Fsp3) is 0.158. The predicted octanol–water partition coefficient (Wildman–Crippen LogP) is 1.39. The highest BCUT2D eigenvalue weighted by Gasteiger charge is 2.14. The lowest BCUT2D eigenvalue weighted by Crippen LogP contribution is -2.34. The number of amides is 1. The van der Waals surface area contributed by atoms with Crippen LogP contribution in [0.1, 0.15) is 23.1 Å². The van der Waals surface area contributed by atoms with E-state index in [0.29, 0.717) is 11.5 Å². The third-order valence-corrected chi connectivity index (χ3v) is 4.63. The van der Waals surface area contributed by atoms with E-state index in [-0.39, 0.29) is 28.7 Å². The fourth-order valence-corrected chi connectivity index (χ4v) is 3.09. The number of hydrogen-bond donors (Lipinski definition) is 2. The number of H-pyrrole nitrogens is 1. The fourth-order valence-electron chi connectivity index (χ4n) is 3.09. The second-order valence-electron chi connectivity index (χ2n) is 6.50. The van der Waals surface area contributed by atoms with E-state index in [0.717, 1.165) is 4.57 Å². The molecule has 0 atom stereocenters. The Kier molecular flexibility index (Phi) is 4.70. The minimum atomic E-state index is -0.641. The third-order valence-electron chi connectivity index (χ3n) is 4.63. The first-order valence-corrected chi connectivity index (χ1v) is 9.02. The van der Waals surface area contributed by atoms with Crippen LogP contribution in [0.4, 0.5) is 10.1 Å². The number of fused-ring (bicyclic) bond motifs is 1. The first-order valence-electron chi connectivity index (χ1n) is 9.02. The molecule has 0 radical (unpaired) electrons. The largest absolute Gasteiger partial charge is 0.328 e. The number of carbonyl (C=O) groups excluding carboxylic acids is 1. The zero-order valence-electron chi connectivity index (χ0n) is 16.0. The Hall–Kier alpha value is -4.15. The Bertz CT molecular complexity index is 1400. The molecule has 0 bridgehead atoms. The first kappa shape index (κ1) is 19.2. The molecule has 0 saturated heterocycles. The van der Waals surface area contributed by atoms with Crippen molar-refractivity contribution < 1.29 is 9.18 Å². The van der Waals surface area contributed by atoms with Gasteiger partial charge >= 0.3 is 5.69 Å². The maximum Gasteiger partial charge on any atom is 0.328 e. The molecule has 2 heterocycles. The number of aryl methyl sites for hydroxylation is 1. The van der Waals surface area contributed by atoms with Gasteiger partial charge in [0.1, 0.15) is 5.82 Å². The summed E-state index contributed by atoms with van der Waals surface area (Å²) in [7, 11) is 0. The number of nitrogens with one attached hydrogen (secondary N) is 2. The Balaban J connectivity index is 1.69. The summed E-state index contributed by atoms with van der Waals surface area (Å²) in [6.45, 7) is 3.59. The van der Waals surface area contributed by atoms with Crippen LogP contribution in [0.5, 0.6) is 0 Å². The summed E-state index contributed by atoms with van der Waals surface area (Å²) in [5, 5.41) is 13.9. The molecule has 152 valence electrons. The van der Waals surface area contributed by atoms with E-state index in [9.17, 15) is 18.8 Å². The van der Waals surface area contributed by atoms with E-state index in [1.807, 2.05) is 0 Å². The summed E-state index contributed by atoms with van der Waals surface area (Å²) >= 11 is 0. The van der Waals surface area contributed by atoms with Gasteiger partial charge in [-0.25, -0.2) is 9.18 Å². The monoisotopic (exact) mass is 409 g/mol. The highest BCUT2D eigenvalue weighted by Crippen LogP contribution is 2.20. The average molecular weight is 409 g/mol. The van der Waals surface area contributed by atoms with Crippen molar-refractivity contribution in [3.8, 4) is 5.69 Å². The minimum Gasteiger partial charge on any atom is -0.319 e. The Morgan fingerprint density at radius 2 is 2.00 bits per heavy atom. The molecule has 0 fully saturated rings. The van der Waals surface area contributed by atoms with Crippen molar-refractivity contribution in [1.29, 1.82) is 0 Å². The molecule has 2 aromatic carbocycles. The van der Waals surface area contributed by atoms with Gasteiger partial charge in [-0.05, 0) is 60.7 Å². The molecular formula is C19H16FN7O3.